The minimum absolute atomic E-state index is 0.146. The average Bonchev–Trinajstić information content (AvgIpc) is 1.94. The minimum atomic E-state index is -0.828. The topological polar surface area (TPSA) is 105 Å². The normalized spacial score (nSPS) is 9.45. The van der Waals surface area contributed by atoms with E-state index in [2.05, 4.69) is 4.98 Å². The molecule has 0 radical (unpaired) electrons. The van der Waals surface area contributed by atoms with Gasteiger partial charge in [-0.1, -0.05) is 0 Å². The molecular weight excluding hydrogens is 152 g/mol. The highest BCUT2D eigenvalue weighted by Crippen LogP contribution is 2.01. The van der Waals surface area contributed by atoms with Gasteiger partial charge in [-0.05, 0) is 9.65 Å². The minimum Gasteiger partial charge on any atom is -0.358 e. The van der Waals surface area contributed by atoms with Crippen LogP contribution in [0.5, 0.6) is 0 Å². The predicted molar refractivity (Wildman–Crippen MR) is 31.9 cm³/mol. The van der Waals surface area contributed by atoms with E-state index >= 15 is 0 Å². The number of nitro groups is 1. The lowest BCUT2D eigenvalue weighted by atomic mass is 10.7. The smallest absolute Gasteiger partial charge is 0.358 e. The second kappa shape index (κ2) is 2.37. The number of nitrogens with one attached hydrogen (secondary N) is 1. The van der Waals surface area contributed by atoms with Crippen molar-refractivity contribution in [1.82, 2.24) is 9.71 Å². The second-order valence-electron chi connectivity index (χ2n) is 1.72. The van der Waals surface area contributed by atoms with Crippen molar-refractivity contribution >= 4 is 5.82 Å². The quantitative estimate of drug-likeness (QED) is 0.325. The summed E-state index contributed by atoms with van der Waals surface area (Å²) < 4.78 is 0.146. The Kier molecular flexibility index (Phi) is 1.55. The van der Waals surface area contributed by atoms with Gasteiger partial charge < -0.3 is 15.3 Å². The number of hydrogen-bond acceptors (Lipinski definition) is 5. The Morgan fingerprint density at radius 2 is 2.36 bits per heavy atom. The highest BCUT2D eigenvalue weighted by atomic mass is 16.6. The largest absolute Gasteiger partial charge is 0.381 e. The van der Waals surface area contributed by atoms with Crippen LogP contribution in [0.3, 0.4) is 0 Å². The maximum atomic E-state index is 10.1. The Morgan fingerprint density at radius 1 is 1.73 bits per heavy atom. The van der Waals surface area contributed by atoms with Crippen molar-refractivity contribution in [2.45, 2.75) is 0 Å². The third kappa shape index (κ3) is 1.16. The van der Waals surface area contributed by atoms with Gasteiger partial charge in [-0.3, -0.25) is 5.41 Å². The summed E-state index contributed by atoms with van der Waals surface area (Å²) in [6.07, 6.45) is 1.85. The molecule has 0 aliphatic heterocycles. The summed E-state index contributed by atoms with van der Waals surface area (Å²) in [5.74, 6) is -0.627. The van der Waals surface area contributed by atoms with Gasteiger partial charge in [-0.15, -0.1) is 0 Å². The molecule has 0 fully saturated rings. The molecule has 1 aromatic heterocycles. The Morgan fingerprint density at radius 3 is 2.82 bits per heavy atom. The van der Waals surface area contributed by atoms with E-state index in [1.807, 2.05) is 0 Å². The van der Waals surface area contributed by atoms with Crippen LogP contribution < -0.4 is 5.49 Å². The molecule has 7 heteroatoms. The van der Waals surface area contributed by atoms with Gasteiger partial charge in [0.2, 0.25) is 0 Å². The maximum absolute atomic E-state index is 10.1. The van der Waals surface area contributed by atoms with Gasteiger partial charge in [-0.25, -0.2) is 4.98 Å². The van der Waals surface area contributed by atoms with Crippen molar-refractivity contribution < 1.29 is 10.1 Å². The summed E-state index contributed by atoms with van der Waals surface area (Å²) >= 11 is 0. The lowest BCUT2D eigenvalue weighted by Gasteiger charge is -1.95. The molecular formula is C4H4N4O3. The first kappa shape index (κ1) is 7.19. The van der Waals surface area contributed by atoms with Crippen molar-refractivity contribution in [3.63, 3.8) is 0 Å². The fourth-order valence-electron chi connectivity index (χ4n) is 0.532. The summed E-state index contributed by atoms with van der Waals surface area (Å²) in [6, 6.07) is 0. The summed E-state index contributed by atoms with van der Waals surface area (Å²) in [6.45, 7) is 0. The number of nitrogens with zero attached hydrogens (tertiary/aromatic N) is 3. The molecule has 1 heterocycles. The zero-order valence-corrected chi connectivity index (χ0v) is 5.26. The Labute approximate surface area is 60.2 Å². The molecule has 0 aromatic carbocycles. The molecule has 2 N–H and O–H groups in total. The Bertz CT molecular complexity index is 343. The Hall–Kier alpha value is -1.92. The number of rotatable bonds is 1. The fourth-order valence-corrected chi connectivity index (χ4v) is 0.532. The number of aromatic nitrogens is 2. The van der Waals surface area contributed by atoms with Gasteiger partial charge in [0, 0.05) is 0 Å². The highest BCUT2D eigenvalue weighted by Gasteiger charge is 2.10. The Balaban J connectivity index is 3.39. The van der Waals surface area contributed by atoms with Crippen LogP contribution in [0.1, 0.15) is 0 Å². The van der Waals surface area contributed by atoms with Gasteiger partial charge in [0.1, 0.15) is 6.20 Å². The molecule has 0 spiro atoms. The lowest BCUT2D eigenvalue weighted by Crippen LogP contribution is -2.19. The van der Waals surface area contributed by atoms with Crippen molar-refractivity contribution in [1.29, 1.82) is 5.41 Å². The standard InChI is InChI=1S/C4H4N4O3/c5-3-1-6-2-4(7(3)9)8(10)11/h1-2,5,9H. The molecule has 0 amide bonds. The van der Waals surface area contributed by atoms with E-state index in [4.69, 9.17) is 10.6 Å². The molecule has 0 bridgehead atoms. The van der Waals surface area contributed by atoms with Crippen LogP contribution in [-0.2, 0) is 0 Å². The maximum Gasteiger partial charge on any atom is 0.381 e. The first-order valence-corrected chi connectivity index (χ1v) is 2.58. The average molecular weight is 156 g/mol. The predicted octanol–water partition coefficient (Wildman–Crippen LogP) is -0.492. The van der Waals surface area contributed by atoms with Crippen LogP contribution in [0.4, 0.5) is 5.82 Å². The first-order valence-electron chi connectivity index (χ1n) is 2.58. The van der Waals surface area contributed by atoms with E-state index in [9.17, 15) is 10.1 Å². The molecule has 0 aliphatic carbocycles. The SMILES string of the molecule is N=c1cncc([N+](=O)[O-])n1O. The van der Waals surface area contributed by atoms with Crippen LogP contribution in [0.25, 0.3) is 0 Å². The third-order valence-electron chi connectivity index (χ3n) is 1.02. The van der Waals surface area contributed by atoms with E-state index in [1.54, 1.807) is 0 Å². The van der Waals surface area contributed by atoms with E-state index in [0.717, 1.165) is 12.4 Å². The van der Waals surface area contributed by atoms with E-state index in [0.29, 0.717) is 0 Å². The molecule has 7 nitrogen and oxygen atoms in total. The molecule has 0 atom stereocenters. The fraction of sp³-hybridized carbons (Fsp3) is 0. The zero-order chi connectivity index (χ0) is 8.43. The molecule has 58 valence electrons. The number of hydrogen-bond donors (Lipinski definition) is 2. The zero-order valence-electron chi connectivity index (χ0n) is 5.26. The second-order valence-corrected chi connectivity index (χ2v) is 1.72. The molecule has 11 heavy (non-hydrogen) atoms. The van der Waals surface area contributed by atoms with E-state index < -0.39 is 16.2 Å². The van der Waals surface area contributed by atoms with Gasteiger partial charge >= 0.3 is 5.82 Å². The van der Waals surface area contributed by atoms with Crippen LogP contribution >= 0.6 is 0 Å². The van der Waals surface area contributed by atoms with Crippen LogP contribution in [0.2, 0.25) is 0 Å². The molecule has 0 saturated carbocycles. The first-order chi connectivity index (χ1) is 5.13. The molecule has 0 aliphatic rings. The van der Waals surface area contributed by atoms with Crippen molar-refractivity contribution in [2.75, 3.05) is 0 Å². The molecule has 1 aromatic rings. The van der Waals surface area contributed by atoms with Crippen molar-refractivity contribution in [3.05, 3.63) is 28.0 Å². The molecule has 0 saturated heterocycles. The molecule has 0 unspecified atom stereocenters. The van der Waals surface area contributed by atoms with E-state index in [1.165, 1.54) is 0 Å². The summed E-state index contributed by atoms with van der Waals surface area (Å²) in [5, 5.41) is 25.8. The monoisotopic (exact) mass is 156 g/mol. The lowest BCUT2D eigenvalue weighted by molar-refractivity contribution is -0.398. The summed E-state index contributed by atoms with van der Waals surface area (Å²) in [4.78, 5) is 12.6. The van der Waals surface area contributed by atoms with Crippen LogP contribution in [0, 0.1) is 15.5 Å². The van der Waals surface area contributed by atoms with Gasteiger partial charge in [0.25, 0.3) is 5.49 Å². The van der Waals surface area contributed by atoms with Crippen LogP contribution in [0.15, 0.2) is 12.4 Å². The van der Waals surface area contributed by atoms with Crippen molar-refractivity contribution in [2.24, 2.45) is 0 Å². The highest BCUT2D eigenvalue weighted by molar-refractivity contribution is 5.11. The summed E-state index contributed by atoms with van der Waals surface area (Å²) in [5.41, 5.74) is -0.431. The molecule has 1 rings (SSSR count). The summed E-state index contributed by atoms with van der Waals surface area (Å²) in [7, 11) is 0. The van der Waals surface area contributed by atoms with Crippen molar-refractivity contribution in [3.8, 4) is 0 Å². The van der Waals surface area contributed by atoms with Gasteiger partial charge in [0.05, 0.1) is 6.20 Å². The van der Waals surface area contributed by atoms with Crippen LogP contribution in [-0.4, -0.2) is 19.8 Å². The van der Waals surface area contributed by atoms with Gasteiger partial charge in [-0.2, -0.15) is 0 Å². The third-order valence-corrected chi connectivity index (χ3v) is 1.02. The van der Waals surface area contributed by atoms with E-state index in [-0.39, 0.29) is 4.73 Å². The van der Waals surface area contributed by atoms with Gasteiger partial charge in [0.15, 0.2) is 0 Å².